The number of fused-ring (bicyclic) bond motifs is 1. The van der Waals surface area contributed by atoms with Gasteiger partial charge in [0.15, 0.2) is 0 Å². The third-order valence-electron chi connectivity index (χ3n) is 4.31. The highest BCUT2D eigenvalue weighted by molar-refractivity contribution is 5.76. The van der Waals surface area contributed by atoms with Crippen LogP contribution in [-0.4, -0.2) is 41.3 Å². The molecule has 1 fully saturated rings. The summed E-state index contributed by atoms with van der Waals surface area (Å²) in [7, 11) is 0. The molecule has 1 saturated carbocycles. The molecule has 0 unspecified atom stereocenters. The maximum Gasteiger partial charge on any atom is 0.254 e. The molecule has 9 nitrogen and oxygen atoms in total. The highest BCUT2D eigenvalue weighted by atomic mass is 16.2. The third-order valence-corrected chi connectivity index (χ3v) is 4.31. The van der Waals surface area contributed by atoms with Crippen LogP contribution in [0.2, 0.25) is 0 Å². The molecule has 0 aromatic carbocycles. The van der Waals surface area contributed by atoms with E-state index in [0.29, 0.717) is 11.8 Å². The Labute approximate surface area is 144 Å². The van der Waals surface area contributed by atoms with Crippen molar-refractivity contribution >= 4 is 23.2 Å². The van der Waals surface area contributed by atoms with Gasteiger partial charge in [-0.25, -0.2) is 4.98 Å². The van der Waals surface area contributed by atoms with Crippen LogP contribution >= 0.6 is 0 Å². The van der Waals surface area contributed by atoms with Crippen LogP contribution in [-0.2, 0) is 11.3 Å². The standard InChI is InChI=1S/C16H20N8O/c1-11-6-14(24-16(20-11)17-10-19-24)21-13-7-18-23(8-13)9-15(25)22-12-4-2-3-5-12/h6-8,10,12,21H,2-5,9H2,1H3,(H,22,25). The van der Waals surface area contributed by atoms with Crippen LogP contribution in [0.3, 0.4) is 0 Å². The Morgan fingerprint density at radius 1 is 1.32 bits per heavy atom. The Morgan fingerprint density at radius 2 is 2.16 bits per heavy atom. The van der Waals surface area contributed by atoms with Crippen molar-refractivity contribution in [3.05, 3.63) is 30.5 Å². The van der Waals surface area contributed by atoms with Crippen molar-refractivity contribution in [2.24, 2.45) is 0 Å². The van der Waals surface area contributed by atoms with Crippen LogP contribution in [0.5, 0.6) is 0 Å². The SMILES string of the molecule is Cc1cc(Nc2cnn(CC(=O)NC3CCCC3)c2)n2ncnc2n1. The molecule has 0 bridgehead atoms. The summed E-state index contributed by atoms with van der Waals surface area (Å²) in [5, 5.41) is 14.7. The van der Waals surface area contributed by atoms with Gasteiger partial charge in [-0.1, -0.05) is 12.8 Å². The highest BCUT2D eigenvalue weighted by Crippen LogP contribution is 2.18. The van der Waals surface area contributed by atoms with E-state index in [1.165, 1.54) is 19.2 Å². The van der Waals surface area contributed by atoms with Crippen molar-refractivity contribution in [2.45, 2.75) is 45.2 Å². The largest absolute Gasteiger partial charge is 0.352 e. The van der Waals surface area contributed by atoms with Crippen molar-refractivity contribution < 1.29 is 4.79 Å². The molecule has 4 rings (SSSR count). The first-order chi connectivity index (χ1) is 12.2. The number of nitrogens with one attached hydrogen (secondary N) is 2. The molecule has 3 heterocycles. The molecule has 130 valence electrons. The first kappa shape index (κ1) is 15.6. The summed E-state index contributed by atoms with van der Waals surface area (Å²) in [6.07, 6.45) is 9.49. The van der Waals surface area contributed by atoms with E-state index in [0.717, 1.165) is 30.0 Å². The lowest BCUT2D eigenvalue weighted by Gasteiger charge is -2.11. The summed E-state index contributed by atoms with van der Waals surface area (Å²) in [6.45, 7) is 2.11. The minimum Gasteiger partial charge on any atom is -0.352 e. The van der Waals surface area contributed by atoms with Gasteiger partial charge in [-0.15, -0.1) is 0 Å². The van der Waals surface area contributed by atoms with Gasteiger partial charge in [0, 0.05) is 24.0 Å². The van der Waals surface area contributed by atoms with Gasteiger partial charge in [0.1, 0.15) is 18.7 Å². The summed E-state index contributed by atoms with van der Waals surface area (Å²) < 4.78 is 3.25. The highest BCUT2D eigenvalue weighted by Gasteiger charge is 2.17. The number of rotatable bonds is 5. The molecule has 2 N–H and O–H groups in total. The molecule has 25 heavy (non-hydrogen) atoms. The molecule has 1 amide bonds. The second-order valence-electron chi connectivity index (χ2n) is 6.36. The first-order valence-corrected chi connectivity index (χ1v) is 8.43. The van der Waals surface area contributed by atoms with Gasteiger partial charge >= 0.3 is 0 Å². The summed E-state index contributed by atoms with van der Waals surface area (Å²) in [4.78, 5) is 20.5. The van der Waals surface area contributed by atoms with E-state index in [2.05, 4.69) is 30.8 Å². The molecule has 0 spiro atoms. The molecule has 0 saturated heterocycles. The Hall–Kier alpha value is -2.97. The van der Waals surface area contributed by atoms with Gasteiger partial charge in [0.2, 0.25) is 5.91 Å². The van der Waals surface area contributed by atoms with Crippen LogP contribution < -0.4 is 10.6 Å². The van der Waals surface area contributed by atoms with Crippen molar-refractivity contribution in [3.8, 4) is 0 Å². The van der Waals surface area contributed by atoms with E-state index < -0.39 is 0 Å². The molecule has 1 aliphatic rings. The number of carbonyl (C=O) groups excluding carboxylic acids is 1. The first-order valence-electron chi connectivity index (χ1n) is 8.43. The second kappa shape index (κ2) is 6.50. The molecule has 3 aromatic heterocycles. The summed E-state index contributed by atoms with van der Waals surface area (Å²) in [5.74, 6) is 1.28. The van der Waals surface area contributed by atoms with Crippen LogP contribution in [0.15, 0.2) is 24.8 Å². The number of anilines is 2. The second-order valence-corrected chi connectivity index (χ2v) is 6.36. The van der Waals surface area contributed by atoms with Gasteiger partial charge in [-0.3, -0.25) is 9.48 Å². The smallest absolute Gasteiger partial charge is 0.254 e. The zero-order chi connectivity index (χ0) is 17.2. The Bertz CT molecular complexity index is 893. The number of aromatic nitrogens is 6. The summed E-state index contributed by atoms with van der Waals surface area (Å²) in [6, 6.07) is 2.20. The van der Waals surface area contributed by atoms with E-state index in [9.17, 15) is 4.79 Å². The topological polar surface area (TPSA) is 102 Å². The molecular weight excluding hydrogens is 320 g/mol. The van der Waals surface area contributed by atoms with Crippen LogP contribution in [0.1, 0.15) is 31.4 Å². The van der Waals surface area contributed by atoms with Crippen molar-refractivity contribution in [1.29, 1.82) is 0 Å². The maximum absolute atomic E-state index is 12.1. The maximum atomic E-state index is 12.1. The van der Waals surface area contributed by atoms with Crippen molar-refractivity contribution in [2.75, 3.05) is 5.32 Å². The van der Waals surface area contributed by atoms with E-state index in [1.54, 1.807) is 21.6 Å². The molecular formula is C16H20N8O. The van der Waals surface area contributed by atoms with Gasteiger partial charge in [0.25, 0.3) is 5.78 Å². The van der Waals surface area contributed by atoms with Gasteiger partial charge in [-0.2, -0.15) is 19.7 Å². The molecule has 0 aliphatic heterocycles. The van der Waals surface area contributed by atoms with Crippen LogP contribution in [0.4, 0.5) is 11.5 Å². The summed E-state index contributed by atoms with van der Waals surface area (Å²) >= 11 is 0. The van der Waals surface area contributed by atoms with E-state index in [1.807, 2.05) is 13.0 Å². The lowest BCUT2D eigenvalue weighted by atomic mass is 10.2. The fourth-order valence-corrected chi connectivity index (χ4v) is 3.17. The van der Waals surface area contributed by atoms with Gasteiger partial charge in [-0.05, 0) is 19.8 Å². The molecule has 1 aliphatic carbocycles. The number of aryl methyl sites for hydroxylation is 1. The Kier molecular flexibility index (Phi) is 4.04. The Balaban J connectivity index is 1.44. The average molecular weight is 340 g/mol. The lowest BCUT2D eigenvalue weighted by Crippen LogP contribution is -2.35. The zero-order valence-corrected chi connectivity index (χ0v) is 14.0. The lowest BCUT2D eigenvalue weighted by molar-refractivity contribution is -0.122. The Morgan fingerprint density at radius 3 is 3.00 bits per heavy atom. The third kappa shape index (κ3) is 3.44. The van der Waals surface area contributed by atoms with E-state index >= 15 is 0 Å². The van der Waals surface area contributed by atoms with Crippen molar-refractivity contribution in [1.82, 2.24) is 34.7 Å². The van der Waals surface area contributed by atoms with E-state index in [4.69, 9.17) is 0 Å². The monoisotopic (exact) mass is 340 g/mol. The molecule has 0 radical (unpaired) electrons. The number of hydrogen-bond donors (Lipinski definition) is 2. The van der Waals surface area contributed by atoms with Crippen molar-refractivity contribution in [3.63, 3.8) is 0 Å². The fourth-order valence-electron chi connectivity index (χ4n) is 3.17. The number of amides is 1. The number of carbonyl (C=O) groups is 1. The minimum atomic E-state index is -0.0000257. The normalized spacial score (nSPS) is 14.9. The van der Waals surface area contributed by atoms with E-state index in [-0.39, 0.29) is 12.5 Å². The quantitative estimate of drug-likeness (QED) is 0.728. The van der Waals surface area contributed by atoms with Crippen LogP contribution in [0.25, 0.3) is 5.78 Å². The number of nitrogens with zero attached hydrogens (tertiary/aromatic N) is 6. The van der Waals surface area contributed by atoms with Gasteiger partial charge in [0.05, 0.1) is 11.9 Å². The average Bonchev–Trinajstić information content (AvgIpc) is 3.29. The minimum absolute atomic E-state index is 0.0000257. The van der Waals surface area contributed by atoms with Crippen LogP contribution in [0, 0.1) is 6.92 Å². The molecule has 9 heteroatoms. The predicted octanol–water partition coefficient (Wildman–Crippen LogP) is 1.43. The van der Waals surface area contributed by atoms with Gasteiger partial charge < -0.3 is 10.6 Å². The fraction of sp³-hybridized carbons (Fsp3) is 0.438. The number of hydrogen-bond acceptors (Lipinski definition) is 6. The summed E-state index contributed by atoms with van der Waals surface area (Å²) in [5.41, 5.74) is 1.61. The molecule has 0 atom stereocenters. The predicted molar refractivity (Wildman–Crippen MR) is 91.4 cm³/mol. The molecule has 3 aromatic rings. The zero-order valence-electron chi connectivity index (χ0n) is 14.0.